The lowest BCUT2D eigenvalue weighted by molar-refractivity contribution is -0.167. The van der Waals surface area contributed by atoms with E-state index in [4.69, 9.17) is 15.2 Å². The van der Waals surface area contributed by atoms with E-state index in [1.54, 1.807) is 0 Å². The molecule has 7 heteroatoms. The van der Waals surface area contributed by atoms with Crippen molar-refractivity contribution in [3.8, 4) is 0 Å². The lowest BCUT2D eigenvalue weighted by Crippen LogP contribution is -2.41. The molecule has 0 amide bonds. The molecular weight excluding hydrogens is 436 g/mol. The molecule has 2 aliphatic heterocycles. The molecule has 0 bridgehead atoms. The van der Waals surface area contributed by atoms with Crippen LogP contribution in [0.25, 0.3) is 0 Å². The molecule has 0 radical (unpaired) electrons. The topological polar surface area (TPSA) is 81.9 Å². The maximum atomic E-state index is 11.1. The molecule has 2 saturated heterocycles. The molecule has 3 rings (SSSR count). The fourth-order valence-corrected chi connectivity index (χ4v) is 4.75. The highest BCUT2D eigenvalue weighted by atomic mass is 32.2. The number of anilines is 1. The van der Waals surface area contributed by atoms with Gasteiger partial charge in [-0.1, -0.05) is 53.7 Å². The maximum Gasteiger partial charge on any atom is 0.157 e. The average molecular weight is 485 g/mol. The van der Waals surface area contributed by atoms with Crippen molar-refractivity contribution in [2.24, 2.45) is 11.8 Å². The molecule has 1 aromatic rings. The number of sulfone groups is 1. The minimum Gasteiger partial charge on any atom is -0.399 e. The molecule has 6 nitrogen and oxygen atoms in total. The van der Waals surface area contributed by atoms with Gasteiger partial charge in [0.1, 0.15) is 0 Å². The highest BCUT2D eigenvalue weighted by molar-refractivity contribution is 7.91. The molecular formula is C26H48N2O4S. The summed E-state index contributed by atoms with van der Waals surface area (Å²) < 4.78 is 33.0. The van der Waals surface area contributed by atoms with Gasteiger partial charge in [-0.15, -0.1) is 0 Å². The van der Waals surface area contributed by atoms with Gasteiger partial charge in [-0.3, -0.25) is 0 Å². The first-order valence-corrected chi connectivity index (χ1v) is 14.3. The van der Waals surface area contributed by atoms with Crippen molar-refractivity contribution in [2.45, 2.75) is 73.0 Å². The van der Waals surface area contributed by atoms with Crippen molar-refractivity contribution < 1.29 is 17.9 Å². The number of ether oxygens (including phenoxy) is 2. The summed E-state index contributed by atoms with van der Waals surface area (Å²) in [5.41, 5.74) is 7.71. The van der Waals surface area contributed by atoms with Crippen molar-refractivity contribution in [1.29, 1.82) is 0 Å². The van der Waals surface area contributed by atoms with Crippen LogP contribution >= 0.6 is 0 Å². The van der Waals surface area contributed by atoms with E-state index in [0.29, 0.717) is 29.3 Å². The van der Waals surface area contributed by atoms with Crippen LogP contribution in [0.5, 0.6) is 0 Å². The second-order valence-electron chi connectivity index (χ2n) is 10.2. The molecule has 1 unspecified atom stereocenters. The van der Waals surface area contributed by atoms with Crippen molar-refractivity contribution in [3.63, 3.8) is 0 Å². The Hall–Kier alpha value is -1.15. The third-order valence-corrected chi connectivity index (χ3v) is 7.03. The molecule has 1 atom stereocenters. The summed E-state index contributed by atoms with van der Waals surface area (Å²) in [6, 6.07) is 8.02. The number of nitrogen functional groups attached to an aromatic ring is 1. The van der Waals surface area contributed by atoms with Gasteiger partial charge >= 0.3 is 0 Å². The molecule has 2 heterocycles. The second kappa shape index (κ2) is 15.7. The second-order valence-corrected chi connectivity index (χ2v) is 12.5. The van der Waals surface area contributed by atoms with Gasteiger partial charge in [0.2, 0.25) is 0 Å². The Labute approximate surface area is 203 Å². The minimum atomic E-state index is -2.69. The van der Waals surface area contributed by atoms with Crippen LogP contribution < -0.4 is 5.73 Å². The van der Waals surface area contributed by atoms with Gasteiger partial charge in [-0.05, 0) is 54.7 Å². The van der Waals surface area contributed by atoms with E-state index < -0.39 is 9.84 Å². The van der Waals surface area contributed by atoms with E-state index in [0.717, 1.165) is 45.0 Å². The van der Waals surface area contributed by atoms with Crippen LogP contribution in [0.2, 0.25) is 0 Å². The molecule has 2 fully saturated rings. The van der Waals surface area contributed by atoms with Gasteiger partial charge in [-0.25, -0.2) is 8.42 Å². The maximum absolute atomic E-state index is 11.1. The number of rotatable bonds is 6. The van der Waals surface area contributed by atoms with Crippen molar-refractivity contribution >= 4 is 15.5 Å². The molecule has 0 aliphatic carbocycles. The first-order chi connectivity index (χ1) is 15.5. The van der Waals surface area contributed by atoms with E-state index in [1.165, 1.54) is 18.4 Å². The lowest BCUT2D eigenvalue weighted by atomic mass is 10.0. The molecule has 192 valence electrons. The standard InChI is InChI=1S/C9H13N.C9H18O2.C8H17NO2S/c1-7(2)8-3-5-9(10)6-4-8;1-8(2)7-11-9-5-3-4-6-10-9;1-8(2)7-9-3-5-12(10,11)6-4-9/h3-7H,10H2,1-2H3;8-9H,3-7H2,1-2H3;8H,3-7H2,1-2H3. The smallest absolute Gasteiger partial charge is 0.157 e. The zero-order valence-corrected chi connectivity index (χ0v) is 22.6. The van der Waals surface area contributed by atoms with Crippen LogP contribution in [0.3, 0.4) is 0 Å². The monoisotopic (exact) mass is 484 g/mol. The van der Waals surface area contributed by atoms with Gasteiger partial charge in [0.25, 0.3) is 0 Å². The molecule has 0 saturated carbocycles. The number of nitrogens with two attached hydrogens (primary N) is 1. The Morgan fingerprint density at radius 3 is 2.06 bits per heavy atom. The predicted octanol–water partition coefficient (Wildman–Crippen LogP) is 4.95. The van der Waals surface area contributed by atoms with Crippen molar-refractivity contribution in [1.82, 2.24) is 4.90 Å². The zero-order chi connectivity index (χ0) is 24.9. The zero-order valence-electron chi connectivity index (χ0n) is 21.8. The Kier molecular flexibility index (Phi) is 14.2. The Bertz CT molecular complexity index is 713. The van der Waals surface area contributed by atoms with E-state index in [2.05, 4.69) is 58.6 Å². The van der Waals surface area contributed by atoms with E-state index in [1.807, 2.05) is 12.1 Å². The van der Waals surface area contributed by atoms with Crippen molar-refractivity contribution in [2.75, 3.05) is 50.1 Å². The van der Waals surface area contributed by atoms with E-state index >= 15 is 0 Å². The van der Waals surface area contributed by atoms with Crippen LogP contribution in [-0.2, 0) is 19.3 Å². The largest absolute Gasteiger partial charge is 0.399 e. The summed E-state index contributed by atoms with van der Waals surface area (Å²) in [4.78, 5) is 2.23. The van der Waals surface area contributed by atoms with Crippen LogP contribution in [0.1, 0.15) is 72.3 Å². The summed E-state index contributed by atoms with van der Waals surface area (Å²) in [7, 11) is -2.69. The normalized spacial score (nSPS) is 20.7. The Balaban J connectivity index is 0.000000249. The average Bonchev–Trinajstić information content (AvgIpc) is 2.75. The quantitative estimate of drug-likeness (QED) is 0.575. The Morgan fingerprint density at radius 2 is 1.61 bits per heavy atom. The van der Waals surface area contributed by atoms with Crippen LogP contribution in [0.15, 0.2) is 24.3 Å². The van der Waals surface area contributed by atoms with Crippen LogP contribution in [0.4, 0.5) is 5.69 Å². The van der Waals surface area contributed by atoms with Gasteiger partial charge in [0, 0.05) is 31.9 Å². The van der Waals surface area contributed by atoms with Crippen LogP contribution in [-0.4, -0.2) is 64.0 Å². The highest BCUT2D eigenvalue weighted by Gasteiger charge is 2.21. The number of nitrogens with zero attached hydrogens (tertiary/aromatic N) is 1. The number of benzene rings is 1. The molecule has 33 heavy (non-hydrogen) atoms. The van der Waals surface area contributed by atoms with E-state index in [9.17, 15) is 8.42 Å². The van der Waals surface area contributed by atoms with Gasteiger partial charge in [0.15, 0.2) is 16.1 Å². The summed E-state index contributed by atoms with van der Waals surface area (Å²) in [6.45, 7) is 17.1. The van der Waals surface area contributed by atoms with E-state index in [-0.39, 0.29) is 6.29 Å². The van der Waals surface area contributed by atoms with Gasteiger partial charge in [0.05, 0.1) is 18.1 Å². The molecule has 0 spiro atoms. The van der Waals surface area contributed by atoms with Gasteiger partial charge < -0.3 is 20.1 Å². The molecule has 2 aliphatic rings. The van der Waals surface area contributed by atoms with Gasteiger partial charge in [-0.2, -0.15) is 0 Å². The molecule has 0 aromatic heterocycles. The summed E-state index contributed by atoms with van der Waals surface area (Å²) >= 11 is 0. The minimum absolute atomic E-state index is 0.0890. The number of hydrogen-bond acceptors (Lipinski definition) is 6. The summed E-state index contributed by atoms with van der Waals surface area (Å²) in [6.07, 6.45) is 3.61. The highest BCUT2D eigenvalue weighted by Crippen LogP contribution is 2.15. The van der Waals surface area contributed by atoms with Crippen LogP contribution in [0, 0.1) is 11.8 Å². The van der Waals surface area contributed by atoms with Crippen molar-refractivity contribution in [3.05, 3.63) is 29.8 Å². The summed E-state index contributed by atoms with van der Waals surface area (Å²) in [5.74, 6) is 2.53. The lowest BCUT2D eigenvalue weighted by Gasteiger charge is -2.27. The molecule has 1 aromatic carbocycles. The predicted molar refractivity (Wildman–Crippen MR) is 139 cm³/mol. The first kappa shape index (κ1) is 29.9. The number of hydrogen-bond donors (Lipinski definition) is 1. The SMILES string of the molecule is CC(C)CN1CCS(=O)(=O)CC1.CC(C)COC1CCCCO1.CC(C)c1ccc(N)cc1. The third kappa shape index (κ3) is 14.7. The fraction of sp³-hybridized carbons (Fsp3) is 0.769. The third-order valence-electron chi connectivity index (χ3n) is 5.42. The fourth-order valence-electron chi connectivity index (χ4n) is 3.47. The Morgan fingerprint density at radius 1 is 1.00 bits per heavy atom. The summed E-state index contributed by atoms with van der Waals surface area (Å²) in [5, 5.41) is 0. The first-order valence-electron chi connectivity index (χ1n) is 12.5. The molecule has 2 N–H and O–H groups in total.